The Labute approximate surface area is 144 Å². The molecule has 0 radical (unpaired) electrons. The predicted molar refractivity (Wildman–Crippen MR) is 96.9 cm³/mol. The van der Waals surface area contributed by atoms with Crippen LogP contribution in [0.3, 0.4) is 0 Å². The van der Waals surface area contributed by atoms with Crippen LogP contribution in [0.25, 0.3) is 10.2 Å². The van der Waals surface area contributed by atoms with Gasteiger partial charge in [-0.3, -0.25) is 0 Å². The van der Waals surface area contributed by atoms with E-state index in [9.17, 15) is 4.79 Å². The van der Waals surface area contributed by atoms with Crippen LogP contribution in [-0.2, 0) is 6.54 Å². The van der Waals surface area contributed by atoms with Gasteiger partial charge in [-0.05, 0) is 36.5 Å². The molecule has 1 aromatic heterocycles. The number of carbonyl (C=O) groups excluding carboxylic acids is 1. The molecule has 4 nitrogen and oxygen atoms in total. The van der Waals surface area contributed by atoms with Crippen molar-refractivity contribution in [3.8, 4) is 0 Å². The predicted octanol–water partition coefficient (Wildman–Crippen LogP) is 4.25. The van der Waals surface area contributed by atoms with E-state index >= 15 is 0 Å². The van der Waals surface area contributed by atoms with E-state index in [1.54, 1.807) is 11.3 Å². The number of rotatable bonds is 5. The third-order valence-electron chi connectivity index (χ3n) is 4.28. The number of para-hydroxylation sites is 1. The monoisotopic (exact) mass is 337 g/mol. The highest BCUT2D eigenvalue weighted by molar-refractivity contribution is 7.18. The van der Waals surface area contributed by atoms with Gasteiger partial charge in [-0.1, -0.05) is 42.5 Å². The molecule has 1 unspecified atom stereocenters. The summed E-state index contributed by atoms with van der Waals surface area (Å²) in [4.78, 5) is 16.8. The summed E-state index contributed by atoms with van der Waals surface area (Å²) in [6.07, 6.45) is 2.36. The smallest absolute Gasteiger partial charge is 0.315 e. The topological polar surface area (TPSA) is 54.0 Å². The summed E-state index contributed by atoms with van der Waals surface area (Å²) in [5, 5.41) is 6.99. The Morgan fingerprint density at radius 3 is 2.62 bits per heavy atom. The van der Waals surface area contributed by atoms with E-state index < -0.39 is 0 Å². The lowest BCUT2D eigenvalue weighted by atomic mass is 10.0. The van der Waals surface area contributed by atoms with E-state index in [0.717, 1.165) is 15.2 Å². The summed E-state index contributed by atoms with van der Waals surface area (Å²) in [5.41, 5.74) is 2.16. The zero-order valence-electron chi connectivity index (χ0n) is 13.2. The van der Waals surface area contributed by atoms with Crippen LogP contribution in [0.5, 0.6) is 0 Å². The lowest BCUT2D eigenvalue weighted by Crippen LogP contribution is -2.38. The van der Waals surface area contributed by atoms with Crippen LogP contribution >= 0.6 is 11.3 Å². The number of thiazole rings is 1. The van der Waals surface area contributed by atoms with Crippen LogP contribution < -0.4 is 10.6 Å². The van der Waals surface area contributed by atoms with Crippen molar-refractivity contribution < 1.29 is 4.79 Å². The average molecular weight is 337 g/mol. The Morgan fingerprint density at radius 1 is 1.12 bits per heavy atom. The number of fused-ring (bicyclic) bond motifs is 1. The fourth-order valence-corrected chi connectivity index (χ4v) is 3.81. The number of nitrogens with one attached hydrogen (secondary N) is 2. The maximum atomic E-state index is 12.3. The first-order chi connectivity index (χ1) is 11.8. The van der Waals surface area contributed by atoms with Crippen LogP contribution in [0, 0.1) is 5.92 Å². The zero-order chi connectivity index (χ0) is 16.4. The van der Waals surface area contributed by atoms with Crippen molar-refractivity contribution in [2.24, 2.45) is 5.92 Å². The van der Waals surface area contributed by atoms with Gasteiger partial charge in [-0.2, -0.15) is 0 Å². The molecular weight excluding hydrogens is 318 g/mol. The number of nitrogens with zero attached hydrogens (tertiary/aromatic N) is 1. The van der Waals surface area contributed by atoms with E-state index in [1.807, 2.05) is 36.4 Å². The first kappa shape index (κ1) is 15.1. The van der Waals surface area contributed by atoms with E-state index in [0.29, 0.717) is 12.5 Å². The van der Waals surface area contributed by atoms with Crippen LogP contribution in [0.4, 0.5) is 4.79 Å². The van der Waals surface area contributed by atoms with Crippen LogP contribution in [0.2, 0.25) is 0 Å². The van der Waals surface area contributed by atoms with Gasteiger partial charge in [0.25, 0.3) is 0 Å². The highest BCUT2D eigenvalue weighted by Crippen LogP contribution is 2.40. The van der Waals surface area contributed by atoms with Gasteiger partial charge < -0.3 is 10.6 Å². The molecule has 0 spiro atoms. The minimum absolute atomic E-state index is 0.0987. The molecule has 3 aromatic rings. The van der Waals surface area contributed by atoms with Crippen molar-refractivity contribution in [1.29, 1.82) is 0 Å². The van der Waals surface area contributed by atoms with E-state index in [-0.39, 0.29) is 12.1 Å². The quantitative estimate of drug-likeness (QED) is 0.731. The lowest BCUT2D eigenvalue weighted by molar-refractivity contribution is 0.235. The van der Waals surface area contributed by atoms with Crippen molar-refractivity contribution in [3.05, 3.63) is 65.2 Å². The molecule has 0 aliphatic heterocycles. The third kappa shape index (κ3) is 3.41. The molecule has 4 rings (SSSR count). The molecule has 122 valence electrons. The summed E-state index contributed by atoms with van der Waals surface area (Å²) < 4.78 is 1.15. The number of urea groups is 1. The molecule has 2 amide bonds. The van der Waals surface area contributed by atoms with Crippen molar-refractivity contribution in [3.63, 3.8) is 0 Å². The standard InChI is InChI=1S/C19H19N3OS/c23-19(20-12-17-21-15-8-4-5-9-16(15)24-17)22-18(14-10-11-14)13-6-2-1-3-7-13/h1-9,14,18H,10-12H2,(H2,20,22,23). The van der Waals surface area contributed by atoms with Crippen molar-refractivity contribution in [2.75, 3.05) is 0 Å². The molecule has 1 saturated carbocycles. The second kappa shape index (κ2) is 6.61. The molecule has 0 saturated heterocycles. The van der Waals surface area contributed by atoms with Gasteiger partial charge >= 0.3 is 6.03 Å². The largest absolute Gasteiger partial charge is 0.332 e. The van der Waals surface area contributed by atoms with Crippen molar-refractivity contribution in [2.45, 2.75) is 25.4 Å². The summed E-state index contributed by atoms with van der Waals surface area (Å²) in [7, 11) is 0. The maximum Gasteiger partial charge on any atom is 0.315 e. The van der Waals surface area contributed by atoms with Gasteiger partial charge in [0.15, 0.2) is 0 Å². The molecule has 1 aliphatic carbocycles. The number of carbonyl (C=O) groups is 1. The fourth-order valence-electron chi connectivity index (χ4n) is 2.91. The number of hydrogen-bond donors (Lipinski definition) is 2. The zero-order valence-corrected chi connectivity index (χ0v) is 14.1. The van der Waals surface area contributed by atoms with E-state index in [4.69, 9.17) is 0 Å². The van der Waals surface area contributed by atoms with Gasteiger partial charge in [-0.25, -0.2) is 9.78 Å². The molecule has 1 aliphatic rings. The molecule has 2 N–H and O–H groups in total. The number of amides is 2. The third-order valence-corrected chi connectivity index (χ3v) is 5.31. The minimum Gasteiger partial charge on any atom is -0.332 e. The summed E-state index contributed by atoms with van der Waals surface area (Å²) in [6.45, 7) is 0.456. The fraction of sp³-hybridized carbons (Fsp3) is 0.263. The van der Waals surface area contributed by atoms with Gasteiger partial charge in [0.2, 0.25) is 0 Å². The molecule has 1 fully saturated rings. The Kier molecular flexibility index (Phi) is 4.17. The molecule has 1 atom stereocenters. The normalized spacial score (nSPS) is 15.2. The summed E-state index contributed by atoms with van der Waals surface area (Å²) >= 11 is 1.62. The number of benzene rings is 2. The highest BCUT2D eigenvalue weighted by atomic mass is 32.1. The molecular formula is C19H19N3OS. The van der Waals surface area contributed by atoms with E-state index in [1.165, 1.54) is 18.4 Å². The second-order valence-electron chi connectivity index (χ2n) is 6.13. The first-order valence-corrected chi connectivity index (χ1v) is 9.05. The van der Waals surface area contributed by atoms with Crippen LogP contribution in [0.15, 0.2) is 54.6 Å². The summed E-state index contributed by atoms with van der Waals surface area (Å²) in [5.74, 6) is 0.556. The van der Waals surface area contributed by atoms with Gasteiger partial charge in [-0.15, -0.1) is 11.3 Å². The van der Waals surface area contributed by atoms with Crippen LogP contribution in [0.1, 0.15) is 29.5 Å². The Bertz CT molecular complexity index is 809. The highest BCUT2D eigenvalue weighted by Gasteiger charge is 2.33. The minimum atomic E-state index is -0.130. The van der Waals surface area contributed by atoms with Crippen molar-refractivity contribution >= 4 is 27.6 Å². The first-order valence-electron chi connectivity index (χ1n) is 8.23. The summed E-state index contributed by atoms with van der Waals surface area (Å²) in [6, 6.07) is 18.2. The molecule has 5 heteroatoms. The van der Waals surface area contributed by atoms with Gasteiger partial charge in [0, 0.05) is 0 Å². The van der Waals surface area contributed by atoms with E-state index in [2.05, 4.69) is 33.8 Å². The number of aromatic nitrogens is 1. The molecule has 1 heterocycles. The van der Waals surface area contributed by atoms with Crippen molar-refractivity contribution in [1.82, 2.24) is 15.6 Å². The second-order valence-corrected chi connectivity index (χ2v) is 7.24. The average Bonchev–Trinajstić information content (AvgIpc) is 3.37. The van der Waals surface area contributed by atoms with Gasteiger partial charge in [0.1, 0.15) is 5.01 Å². The maximum absolute atomic E-state index is 12.3. The van der Waals surface area contributed by atoms with Crippen LogP contribution in [-0.4, -0.2) is 11.0 Å². The SMILES string of the molecule is O=C(NCc1nc2ccccc2s1)NC(c1ccccc1)C1CC1. The Hall–Kier alpha value is -2.40. The lowest BCUT2D eigenvalue weighted by Gasteiger charge is -2.19. The molecule has 24 heavy (non-hydrogen) atoms. The molecule has 0 bridgehead atoms. The Balaban J connectivity index is 1.38. The van der Waals surface area contributed by atoms with Gasteiger partial charge in [0.05, 0.1) is 22.8 Å². The number of hydrogen-bond acceptors (Lipinski definition) is 3. The molecule has 2 aromatic carbocycles. The Morgan fingerprint density at radius 2 is 1.88 bits per heavy atom.